The van der Waals surface area contributed by atoms with Crippen molar-refractivity contribution in [2.45, 2.75) is 25.0 Å². The molecule has 1 saturated heterocycles. The van der Waals surface area contributed by atoms with Gasteiger partial charge < -0.3 is 19.5 Å². The van der Waals surface area contributed by atoms with Gasteiger partial charge in [0.25, 0.3) is 0 Å². The molecule has 0 radical (unpaired) electrons. The Balaban J connectivity index is 2.37. The maximum absolute atomic E-state index is 11.5. The van der Waals surface area contributed by atoms with E-state index < -0.39 is 6.10 Å². The van der Waals surface area contributed by atoms with Gasteiger partial charge in [-0.2, -0.15) is 0 Å². The van der Waals surface area contributed by atoms with Crippen LogP contribution in [0.1, 0.15) is 13.3 Å². The molecule has 15 heavy (non-hydrogen) atoms. The lowest BCUT2D eigenvalue weighted by Gasteiger charge is -2.26. The predicted molar refractivity (Wildman–Crippen MR) is 54.7 cm³/mol. The second kappa shape index (κ2) is 5.44. The Morgan fingerprint density at radius 1 is 1.60 bits per heavy atom. The third-order valence-corrected chi connectivity index (χ3v) is 2.81. The van der Waals surface area contributed by atoms with Crippen molar-refractivity contribution in [1.29, 1.82) is 0 Å². The van der Waals surface area contributed by atoms with E-state index in [0.717, 1.165) is 6.42 Å². The molecule has 1 N–H and O–H groups in total. The zero-order chi connectivity index (χ0) is 11.3. The number of rotatable bonds is 5. The number of hydrogen-bond donors (Lipinski definition) is 1. The van der Waals surface area contributed by atoms with Crippen molar-refractivity contribution in [3.05, 3.63) is 0 Å². The first-order valence-corrected chi connectivity index (χ1v) is 5.07. The second-order valence-electron chi connectivity index (χ2n) is 3.79. The number of methoxy groups -OCH3 is 2. The summed E-state index contributed by atoms with van der Waals surface area (Å²) in [5.41, 5.74) is -0.358. The van der Waals surface area contributed by atoms with Gasteiger partial charge in [-0.1, -0.05) is 0 Å². The van der Waals surface area contributed by atoms with E-state index >= 15 is 0 Å². The Labute approximate surface area is 90.1 Å². The first-order chi connectivity index (χ1) is 7.13. The number of ether oxygens (including phenoxy) is 3. The van der Waals surface area contributed by atoms with Gasteiger partial charge in [0.15, 0.2) is 0 Å². The number of nitrogens with one attached hydrogen (secondary N) is 1. The Morgan fingerprint density at radius 2 is 2.33 bits per heavy atom. The third-order valence-electron chi connectivity index (χ3n) is 2.81. The summed E-state index contributed by atoms with van der Waals surface area (Å²) < 4.78 is 15.6. The molecule has 1 aliphatic rings. The fraction of sp³-hybridized carbons (Fsp3) is 0.900. The van der Waals surface area contributed by atoms with Crippen molar-refractivity contribution < 1.29 is 19.0 Å². The molecule has 1 fully saturated rings. The SMILES string of the molecule is COC(C)C(=O)NCC1(OC)CCOC1. The Kier molecular flexibility index (Phi) is 4.50. The van der Waals surface area contributed by atoms with E-state index in [0.29, 0.717) is 19.8 Å². The highest BCUT2D eigenvalue weighted by molar-refractivity contribution is 5.80. The normalized spacial score (nSPS) is 27.7. The topological polar surface area (TPSA) is 56.8 Å². The van der Waals surface area contributed by atoms with Crippen LogP contribution >= 0.6 is 0 Å². The highest BCUT2D eigenvalue weighted by atomic mass is 16.5. The molecular weight excluding hydrogens is 198 g/mol. The van der Waals surface area contributed by atoms with Gasteiger partial charge in [-0.05, 0) is 6.92 Å². The van der Waals surface area contributed by atoms with E-state index in [1.54, 1.807) is 14.0 Å². The van der Waals surface area contributed by atoms with Crippen molar-refractivity contribution in [2.75, 3.05) is 34.0 Å². The average Bonchev–Trinajstić information content (AvgIpc) is 2.74. The maximum Gasteiger partial charge on any atom is 0.248 e. The molecule has 0 aromatic heterocycles. The number of carbonyl (C=O) groups excluding carboxylic acids is 1. The standard InChI is InChI=1S/C10H19NO4/c1-8(13-2)9(12)11-6-10(14-3)4-5-15-7-10/h8H,4-7H2,1-3H3,(H,11,12). The quantitative estimate of drug-likeness (QED) is 0.701. The van der Waals surface area contributed by atoms with Crippen LogP contribution in [0.15, 0.2) is 0 Å². The fourth-order valence-corrected chi connectivity index (χ4v) is 1.46. The zero-order valence-electron chi connectivity index (χ0n) is 9.54. The van der Waals surface area contributed by atoms with Gasteiger partial charge >= 0.3 is 0 Å². The highest BCUT2D eigenvalue weighted by Crippen LogP contribution is 2.21. The minimum Gasteiger partial charge on any atom is -0.378 e. The monoisotopic (exact) mass is 217 g/mol. The molecular formula is C10H19NO4. The van der Waals surface area contributed by atoms with Crippen LogP contribution in [-0.2, 0) is 19.0 Å². The lowest BCUT2D eigenvalue weighted by molar-refractivity contribution is -0.131. The van der Waals surface area contributed by atoms with Gasteiger partial charge in [0.05, 0.1) is 6.61 Å². The summed E-state index contributed by atoms with van der Waals surface area (Å²) in [7, 11) is 3.15. The molecule has 2 atom stereocenters. The van der Waals surface area contributed by atoms with Crippen LogP contribution in [0.5, 0.6) is 0 Å². The van der Waals surface area contributed by atoms with Crippen LogP contribution < -0.4 is 5.32 Å². The minimum absolute atomic E-state index is 0.124. The summed E-state index contributed by atoms with van der Waals surface area (Å²) in [4.78, 5) is 11.5. The number of carbonyl (C=O) groups is 1. The average molecular weight is 217 g/mol. The van der Waals surface area contributed by atoms with Crippen LogP contribution in [0.3, 0.4) is 0 Å². The number of amides is 1. The zero-order valence-corrected chi connectivity index (χ0v) is 9.54. The van der Waals surface area contributed by atoms with E-state index in [2.05, 4.69) is 5.32 Å². The Morgan fingerprint density at radius 3 is 2.80 bits per heavy atom. The summed E-state index contributed by atoms with van der Waals surface area (Å²) in [6.45, 7) is 3.39. The van der Waals surface area contributed by atoms with Gasteiger partial charge in [-0.15, -0.1) is 0 Å². The Hall–Kier alpha value is -0.650. The summed E-state index contributed by atoms with van der Waals surface area (Å²) >= 11 is 0. The molecule has 5 nitrogen and oxygen atoms in total. The van der Waals surface area contributed by atoms with Crippen molar-refractivity contribution in [1.82, 2.24) is 5.32 Å². The molecule has 2 unspecified atom stereocenters. The fourth-order valence-electron chi connectivity index (χ4n) is 1.46. The van der Waals surface area contributed by atoms with Crippen LogP contribution in [0.4, 0.5) is 0 Å². The smallest absolute Gasteiger partial charge is 0.248 e. The largest absolute Gasteiger partial charge is 0.378 e. The van der Waals surface area contributed by atoms with Crippen LogP contribution in [-0.4, -0.2) is 51.6 Å². The van der Waals surface area contributed by atoms with Crippen LogP contribution in [0, 0.1) is 0 Å². The first-order valence-electron chi connectivity index (χ1n) is 5.07. The lowest BCUT2D eigenvalue weighted by atomic mass is 10.0. The molecule has 0 aliphatic carbocycles. The molecule has 1 amide bonds. The highest BCUT2D eigenvalue weighted by Gasteiger charge is 2.35. The maximum atomic E-state index is 11.5. The Bertz CT molecular complexity index is 213. The predicted octanol–water partition coefficient (Wildman–Crippen LogP) is -0.0570. The van der Waals surface area contributed by atoms with E-state index in [1.807, 2.05) is 0 Å². The van der Waals surface area contributed by atoms with Crippen molar-refractivity contribution in [3.8, 4) is 0 Å². The van der Waals surface area contributed by atoms with Crippen molar-refractivity contribution in [3.63, 3.8) is 0 Å². The molecule has 5 heteroatoms. The van der Waals surface area contributed by atoms with Gasteiger partial charge in [-0.3, -0.25) is 4.79 Å². The third kappa shape index (κ3) is 3.15. The van der Waals surface area contributed by atoms with E-state index in [1.165, 1.54) is 7.11 Å². The van der Waals surface area contributed by atoms with Crippen molar-refractivity contribution >= 4 is 5.91 Å². The van der Waals surface area contributed by atoms with Gasteiger partial charge in [0.1, 0.15) is 11.7 Å². The molecule has 0 aromatic rings. The molecule has 88 valence electrons. The summed E-state index contributed by atoms with van der Waals surface area (Å²) in [5.74, 6) is -0.124. The second-order valence-corrected chi connectivity index (χ2v) is 3.79. The van der Waals surface area contributed by atoms with E-state index in [9.17, 15) is 4.79 Å². The van der Waals surface area contributed by atoms with Crippen molar-refractivity contribution in [2.24, 2.45) is 0 Å². The lowest BCUT2D eigenvalue weighted by Crippen LogP contribution is -2.47. The molecule has 0 saturated carbocycles. The molecule has 1 aliphatic heterocycles. The summed E-state index contributed by atoms with van der Waals surface area (Å²) in [6.07, 6.45) is 0.381. The summed E-state index contributed by atoms with van der Waals surface area (Å²) in [5, 5.41) is 2.80. The molecule has 0 spiro atoms. The van der Waals surface area contributed by atoms with Gasteiger partial charge in [-0.25, -0.2) is 0 Å². The molecule has 1 heterocycles. The van der Waals surface area contributed by atoms with E-state index in [4.69, 9.17) is 14.2 Å². The molecule has 0 aromatic carbocycles. The first kappa shape index (κ1) is 12.4. The van der Waals surface area contributed by atoms with Gasteiger partial charge in [0, 0.05) is 33.8 Å². The van der Waals surface area contributed by atoms with Crippen LogP contribution in [0.25, 0.3) is 0 Å². The molecule has 1 rings (SSSR count). The number of hydrogen-bond acceptors (Lipinski definition) is 4. The van der Waals surface area contributed by atoms with Crippen LogP contribution in [0.2, 0.25) is 0 Å². The van der Waals surface area contributed by atoms with Gasteiger partial charge in [0.2, 0.25) is 5.91 Å². The molecule has 0 bridgehead atoms. The minimum atomic E-state index is -0.429. The van der Waals surface area contributed by atoms with E-state index in [-0.39, 0.29) is 11.5 Å². The summed E-state index contributed by atoms with van der Waals surface area (Å²) in [6, 6.07) is 0.